The van der Waals surface area contributed by atoms with E-state index in [1.807, 2.05) is 0 Å². The minimum absolute atomic E-state index is 0.357. The zero-order chi connectivity index (χ0) is 19.4. The van der Waals surface area contributed by atoms with E-state index in [9.17, 15) is 13.2 Å². The van der Waals surface area contributed by atoms with E-state index in [-0.39, 0.29) is 0 Å². The lowest BCUT2D eigenvalue weighted by molar-refractivity contribution is -0.709. The Balaban J connectivity index is 0.000000260. The van der Waals surface area contributed by atoms with E-state index in [0.717, 1.165) is 0 Å². The van der Waals surface area contributed by atoms with Crippen LogP contribution in [0.2, 0.25) is 0 Å². The number of hydrogen-bond donors (Lipinski definition) is 0. The second-order valence-corrected chi connectivity index (χ2v) is 6.88. The lowest BCUT2D eigenvalue weighted by Crippen LogP contribution is -2.37. The molecule has 2 aromatic carbocycles. The summed E-state index contributed by atoms with van der Waals surface area (Å²) in [4.78, 5) is 0. The predicted octanol–water partition coefficient (Wildman–Crippen LogP) is 3.79. The third kappa shape index (κ3) is 5.03. The van der Waals surface area contributed by atoms with Crippen molar-refractivity contribution >= 4 is 20.9 Å². The van der Waals surface area contributed by atoms with E-state index in [2.05, 4.69) is 84.5 Å². The van der Waals surface area contributed by atoms with Crippen molar-refractivity contribution in [2.45, 2.75) is 18.5 Å². The van der Waals surface area contributed by atoms with Gasteiger partial charge < -0.3 is 4.55 Å². The Morgan fingerprint density at radius 1 is 0.923 bits per heavy atom. The van der Waals surface area contributed by atoms with Crippen LogP contribution in [0.25, 0.3) is 10.8 Å². The molecule has 3 rings (SSSR count). The standard InChI is InChI=1S/C17H16N.CHF3O3S/c1-14(15-7-3-2-4-8-15)18-12-11-16-9-5-6-10-17(16)13-18;2-1(3,4)8(5,6)7/h2-14H,1H3;(H,5,6,7)/q+1;/p-1. The van der Waals surface area contributed by atoms with Gasteiger partial charge in [0.2, 0.25) is 0 Å². The molecule has 1 heterocycles. The Kier molecular flexibility index (Phi) is 5.99. The fraction of sp³-hybridized carbons (Fsp3) is 0.167. The molecule has 26 heavy (non-hydrogen) atoms. The minimum atomic E-state index is -6.09. The van der Waals surface area contributed by atoms with Crippen LogP contribution in [0, 0.1) is 0 Å². The number of rotatable bonds is 2. The number of halogens is 3. The molecule has 1 atom stereocenters. The molecule has 0 fully saturated rings. The van der Waals surface area contributed by atoms with Crippen LogP contribution in [0.15, 0.2) is 73.1 Å². The van der Waals surface area contributed by atoms with Gasteiger partial charge >= 0.3 is 5.51 Å². The van der Waals surface area contributed by atoms with Gasteiger partial charge in [-0.15, -0.1) is 0 Å². The molecule has 1 unspecified atom stereocenters. The second-order valence-electron chi connectivity index (χ2n) is 5.51. The van der Waals surface area contributed by atoms with Crippen LogP contribution < -0.4 is 4.57 Å². The normalized spacial score (nSPS) is 13.0. The number of alkyl halides is 3. The maximum absolute atomic E-state index is 10.7. The van der Waals surface area contributed by atoms with Crippen molar-refractivity contribution in [2.24, 2.45) is 0 Å². The van der Waals surface area contributed by atoms with Gasteiger partial charge in [0.15, 0.2) is 28.6 Å². The summed E-state index contributed by atoms with van der Waals surface area (Å²) in [5, 5.41) is 2.57. The fourth-order valence-electron chi connectivity index (χ4n) is 2.29. The van der Waals surface area contributed by atoms with Gasteiger partial charge in [-0.1, -0.05) is 48.5 Å². The van der Waals surface area contributed by atoms with Gasteiger partial charge in [0.05, 0.1) is 0 Å². The van der Waals surface area contributed by atoms with Crippen molar-refractivity contribution in [3.8, 4) is 0 Å². The van der Waals surface area contributed by atoms with Crippen molar-refractivity contribution in [1.29, 1.82) is 0 Å². The topological polar surface area (TPSA) is 61.1 Å². The quantitative estimate of drug-likeness (QED) is 0.384. The molecular weight excluding hydrogens is 367 g/mol. The van der Waals surface area contributed by atoms with Gasteiger partial charge in [0, 0.05) is 23.9 Å². The Hall–Kier alpha value is -2.45. The van der Waals surface area contributed by atoms with Crippen LogP contribution in [0.5, 0.6) is 0 Å². The SMILES string of the molecule is CC(c1ccccc1)[n+]1ccc2ccccc2c1.O=S(=O)([O-])C(F)(F)F. The van der Waals surface area contributed by atoms with Crippen LogP contribution in [-0.2, 0) is 10.1 Å². The van der Waals surface area contributed by atoms with E-state index in [1.165, 1.54) is 16.3 Å². The first-order valence-electron chi connectivity index (χ1n) is 7.56. The monoisotopic (exact) mass is 383 g/mol. The van der Waals surface area contributed by atoms with E-state index in [1.54, 1.807) is 0 Å². The molecule has 0 radical (unpaired) electrons. The maximum atomic E-state index is 10.7. The number of nitrogens with zero attached hydrogens (tertiary/aromatic N) is 1. The lowest BCUT2D eigenvalue weighted by Gasteiger charge is -2.08. The first-order chi connectivity index (χ1) is 12.1. The number of benzene rings is 2. The highest BCUT2D eigenvalue weighted by Gasteiger charge is 2.36. The van der Waals surface area contributed by atoms with Gasteiger partial charge in [-0.25, -0.2) is 8.42 Å². The van der Waals surface area contributed by atoms with Crippen LogP contribution in [0.4, 0.5) is 13.2 Å². The Morgan fingerprint density at radius 3 is 1.96 bits per heavy atom. The molecule has 1 aromatic heterocycles. The van der Waals surface area contributed by atoms with Gasteiger partial charge in [0.1, 0.15) is 0 Å². The molecule has 0 saturated heterocycles. The largest absolute Gasteiger partial charge is 0.741 e. The summed E-state index contributed by atoms with van der Waals surface area (Å²) >= 11 is 0. The lowest BCUT2D eigenvalue weighted by atomic mass is 10.1. The molecule has 0 saturated carbocycles. The molecule has 8 heteroatoms. The summed E-state index contributed by atoms with van der Waals surface area (Å²) in [5.74, 6) is 0. The Labute approximate surface area is 149 Å². The minimum Gasteiger partial charge on any atom is -0.741 e. The highest BCUT2D eigenvalue weighted by molar-refractivity contribution is 7.86. The van der Waals surface area contributed by atoms with E-state index in [4.69, 9.17) is 13.0 Å². The van der Waals surface area contributed by atoms with Gasteiger partial charge in [0.25, 0.3) is 0 Å². The molecule has 0 amide bonds. The highest BCUT2D eigenvalue weighted by atomic mass is 32.2. The second kappa shape index (κ2) is 7.84. The number of aromatic nitrogens is 1. The maximum Gasteiger partial charge on any atom is 0.485 e. The van der Waals surface area contributed by atoms with Crippen molar-refractivity contribution in [1.82, 2.24) is 0 Å². The highest BCUT2D eigenvalue weighted by Crippen LogP contribution is 2.20. The molecule has 138 valence electrons. The smallest absolute Gasteiger partial charge is 0.485 e. The van der Waals surface area contributed by atoms with Gasteiger partial charge in [-0.2, -0.15) is 17.7 Å². The molecule has 0 spiro atoms. The number of pyridine rings is 1. The molecule has 0 aliphatic heterocycles. The third-order valence-electron chi connectivity index (χ3n) is 3.72. The van der Waals surface area contributed by atoms with Crippen molar-refractivity contribution in [3.05, 3.63) is 78.6 Å². The zero-order valence-corrected chi connectivity index (χ0v) is 14.5. The number of fused-ring (bicyclic) bond motifs is 1. The van der Waals surface area contributed by atoms with Crippen LogP contribution >= 0.6 is 0 Å². The fourth-order valence-corrected chi connectivity index (χ4v) is 2.29. The summed E-state index contributed by atoms with van der Waals surface area (Å²) in [5.41, 5.74) is -4.31. The molecular formula is C18H16F3NO3S. The van der Waals surface area contributed by atoms with E-state index < -0.39 is 15.6 Å². The first kappa shape index (κ1) is 19.9. The summed E-state index contributed by atoms with van der Waals surface area (Å²) < 4.78 is 61.2. The molecule has 3 aromatic rings. The summed E-state index contributed by atoms with van der Waals surface area (Å²) in [6.45, 7) is 2.23. The van der Waals surface area contributed by atoms with Crippen LogP contribution in [0.3, 0.4) is 0 Å². The van der Waals surface area contributed by atoms with Crippen molar-refractivity contribution in [2.75, 3.05) is 0 Å². The van der Waals surface area contributed by atoms with E-state index >= 15 is 0 Å². The average Bonchev–Trinajstić information content (AvgIpc) is 2.60. The van der Waals surface area contributed by atoms with Crippen LogP contribution in [0.1, 0.15) is 18.5 Å². The molecule has 0 aliphatic rings. The molecule has 0 N–H and O–H groups in total. The van der Waals surface area contributed by atoms with Crippen molar-refractivity contribution in [3.63, 3.8) is 0 Å². The van der Waals surface area contributed by atoms with E-state index in [0.29, 0.717) is 6.04 Å². The van der Waals surface area contributed by atoms with Gasteiger partial charge in [-0.05, 0) is 11.5 Å². The zero-order valence-electron chi connectivity index (χ0n) is 13.7. The van der Waals surface area contributed by atoms with Gasteiger partial charge in [-0.3, -0.25) is 0 Å². The predicted molar refractivity (Wildman–Crippen MR) is 90.2 cm³/mol. The first-order valence-corrected chi connectivity index (χ1v) is 8.97. The summed E-state index contributed by atoms with van der Waals surface area (Å²) in [6.07, 6.45) is 4.37. The van der Waals surface area contributed by atoms with Crippen LogP contribution in [-0.4, -0.2) is 18.5 Å². The summed E-state index contributed by atoms with van der Waals surface area (Å²) in [7, 11) is -6.09. The third-order valence-corrected chi connectivity index (χ3v) is 4.29. The molecule has 0 bridgehead atoms. The Morgan fingerprint density at radius 2 is 1.42 bits per heavy atom. The average molecular weight is 383 g/mol. The molecule has 4 nitrogen and oxygen atoms in total. The number of hydrogen-bond acceptors (Lipinski definition) is 3. The molecule has 0 aliphatic carbocycles. The summed E-state index contributed by atoms with van der Waals surface area (Å²) in [6, 6.07) is 21.6. The Bertz CT molecular complexity index is 974. The van der Waals surface area contributed by atoms with Crippen molar-refractivity contribution < 1.29 is 30.7 Å².